The average Bonchev–Trinajstić information content (AvgIpc) is 3.38. The topological polar surface area (TPSA) is 69.6 Å². The molecule has 2 saturated heterocycles. The molecule has 1 N–H and O–H groups in total. The second-order valence-electron chi connectivity index (χ2n) is 9.00. The van der Waals surface area contributed by atoms with Gasteiger partial charge >= 0.3 is 6.09 Å². The molecule has 166 valence electrons. The Labute approximate surface area is 182 Å². The number of carbonyl (C=O) groups excluding carboxylic acids is 1. The van der Waals surface area contributed by atoms with Gasteiger partial charge in [0.05, 0.1) is 31.8 Å². The first-order valence-corrected chi connectivity index (χ1v) is 11.7. The fraction of sp³-hybridized carbons (Fsp3) is 0.714. The molecule has 30 heavy (non-hydrogen) atoms. The number of piperazine rings is 1. The van der Waals surface area contributed by atoms with Crippen molar-refractivity contribution in [3.63, 3.8) is 0 Å². The van der Waals surface area contributed by atoms with E-state index in [1.54, 1.807) is 11.3 Å². The summed E-state index contributed by atoms with van der Waals surface area (Å²) in [7, 11) is 0. The van der Waals surface area contributed by atoms with E-state index in [0.29, 0.717) is 25.7 Å². The van der Waals surface area contributed by atoms with Crippen LogP contribution in [-0.4, -0.2) is 97.4 Å². The first-order valence-electron chi connectivity index (χ1n) is 10.8. The summed E-state index contributed by atoms with van der Waals surface area (Å²) in [6, 6.07) is 4.87. The van der Waals surface area contributed by atoms with E-state index in [1.165, 1.54) is 4.88 Å². The Kier molecular flexibility index (Phi) is 6.50. The first kappa shape index (κ1) is 21.4. The van der Waals surface area contributed by atoms with Crippen LogP contribution in [0.1, 0.15) is 31.7 Å². The molecule has 2 fully saturated rings. The van der Waals surface area contributed by atoms with E-state index >= 15 is 0 Å². The smallest absolute Gasteiger partial charge is 0.410 e. The number of morpholine rings is 1. The quantitative estimate of drug-likeness (QED) is 0.780. The molecule has 1 amide bonds. The molecule has 2 unspecified atom stereocenters. The van der Waals surface area contributed by atoms with Crippen molar-refractivity contribution in [1.29, 1.82) is 0 Å². The van der Waals surface area contributed by atoms with Gasteiger partial charge in [-0.05, 0) is 32.2 Å². The Hall–Kier alpha value is -1.84. The van der Waals surface area contributed by atoms with Gasteiger partial charge in [0.25, 0.3) is 0 Å². The summed E-state index contributed by atoms with van der Waals surface area (Å²) in [4.78, 5) is 25.2. The van der Waals surface area contributed by atoms with E-state index in [-0.39, 0.29) is 12.1 Å². The zero-order valence-corrected chi connectivity index (χ0v) is 19.0. The van der Waals surface area contributed by atoms with Crippen LogP contribution in [0.4, 0.5) is 4.79 Å². The van der Waals surface area contributed by atoms with Crippen LogP contribution >= 0.6 is 11.3 Å². The number of nitrogens with zero attached hydrogens (tertiary/aromatic N) is 4. The minimum Gasteiger partial charge on any atom is -0.444 e. The lowest BCUT2D eigenvalue weighted by molar-refractivity contribution is 0.0130. The van der Waals surface area contributed by atoms with Gasteiger partial charge in [0.1, 0.15) is 5.60 Å². The maximum Gasteiger partial charge on any atom is 0.410 e. The van der Waals surface area contributed by atoms with Gasteiger partial charge in [0, 0.05) is 44.1 Å². The van der Waals surface area contributed by atoms with E-state index in [0.717, 1.165) is 45.4 Å². The minimum atomic E-state index is -0.469. The van der Waals surface area contributed by atoms with E-state index < -0.39 is 5.60 Å². The van der Waals surface area contributed by atoms with Crippen molar-refractivity contribution in [2.75, 3.05) is 59.0 Å². The summed E-state index contributed by atoms with van der Waals surface area (Å²) < 4.78 is 11.1. The van der Waals surface area contributed by atoms with E-state index in [2.05, 4.69) is 32.6 Å². The van der Waals surface area contributed by atoms with Crippen LogP contribution in [0.5, 0.6) is 0 Å². The van der Waals surface area contributed by atoms with Gasteiger partial charge < -0.3 is 24.6 Å². The van der Waals surface area contributed by atoms with Gasteiger partial charge in [-0.15, -0.1) is 11.3 Å². The molecule has 0 saturated carbocycles. The van der Waals surface area contributed by atoms with Gasteiger partial charge in [-0.1, -0.05) is 6.07 Å². The lowest BCUT2D eigenvalue weighted by atomic mass is 10.2. The number of hydrogen-bond acceptors (Lipinski definition) is 8. The molecule has 1 aromatic rings. The van der Waals surface area contributed by atoms with Gasteiger partial charge in [-0.2, -0.15) is 0 Å². The van der Waals surface area contributed by atoms with E-state index in [9.17, 15) is 4.79 Å². The Balaban J connectivity index is 1.33. The number of thiophene rings is 1. The fourth-order valence-corrected chi connectivity index (χ4v) is 5.05. The molecular weight excluding hydrogens is 402 g/mol. The minimum absolute atomic E-state index is 0.220. The second-order valence-corrected chi connectivity index (χ2v) is 9.98. The molecule has 3 aliphatic rings. The number of hydrogen-bond donors (Lipinski definition) is 1. The molecule has 2 atom stereocenters. The third-order valence-electron chi connectivity index (χ3n) is 5.67. The third-order valence-corrected chi connectivity index (χ3v) is 6.64. The van der Waals surface area contributed by atoms with Crippen LogP contribution in [0.15, 0.2) is 22.5 Å². The normalized spacial score (nSPS) is 23.7. The number of guanidine groups is 1. The van der Waals surface area contributed by atoms with Crippen LogP contribution in [0.2, 0.25) is 0 Å². The van der Waals surface area contributed by atoms with Crippen LogP contribution in [0, 0.1) is 0 Å². The number of rotatable bonds is 4. The highest BCUT2D eigenvalue weighted by Crippen LogP contribution is 2.26. The zero-order chi connectivity index (χ0) is 21.1. The highest BCUT2D eigenvalue weighted by atomic mass is 32.1. The molecule has 9 heteroatoms. The lowest BCUT2D eigenvalue weighted by Gasteiger charge is -2.40. The molecule has 0 radical (unpaired) electrons. The molecule has 0 bridgehead atoms. The first-order chi connectivity index (χ1) is 14.4. The lowest BCUT2D eigenvalue weighted by Crippen LogP contribution is -2.58. The van der Waals surface area contributed by atoms with Crippen molar-refractivity contribution >= 4 is 23.4 Å². The predicted octanol–water partition coefficient (Wildman–Crippen LogP) is 2.00. The highest BCUT2D eigenvalue weighted by Gasteiger charge is 2.37. The van der Waals surface area contributed by atoms with Gasteiger partial charge in [0.15, 0.2) is 5.96 Å². The Morgan fingerprint density at radius 3 is 2.83 bits per heavy atom. The largest absolute Gasteiger partial charge is 0.444 e. The molecule has 1 aromatic heterocycles. The summed E-state index contributed by atoms with van der Waals surface area (Å²) in [6.45, 7) is 12.8. The summed E-state index contributed by atoms with van der Waals surface area (Å²) in [5, 5.41) is 5.75. The molecule has 0 aliphatic carbocycles. The monoisotopic (exact) mass is 435 g/mol. The fourth-order valence-electron chi connectivity index (χ4n) is 4.19. The predicted molar refractivity (Wildman–Crippen MR) is 118 cm³/mol. The van der Waals surface area contributed by atoms with Crippen LogP contribution < -0.4 is 5.32 Å². The molecule has 0 aromatic carbocycles. The Morgan fingerprint density at radius 1 is 1.33 bits per heavy atom. The standard InChI is InChI=1S/C21H33N5O3S/c1-21(2,3)29-20(27)25-6-7-26-16(15-25)13-22-19(26)23-14-17(18-5-4-12-30-18)24-8-10-28-11-9-24/h4-5,12,16-17H,6-11,13-15H2,1-3H3,(H,22,23). The molecule has 4 rings (SSSR count). The van der Waals surface area contributed by atoms with Crippen LogP contribution in [0.3, 0.4) is 0 Å². The average molecular weight is 436 g/mol. The molecule has 8 nitrogen and oxygen atoms in total. The van der Waals surface area contributed by atoms with Crippen molar-refractivity contribution < 1.29 is 14.3 Å². The summed E-state index contributed by atoms with van der Waals surface area (Å²) in [6.07, 6.45) is -0.228. The number of carbonyl (C=O) groups is 1. The number of ether oxygens (including phenoxy) is 2. The number of nitrogens with one attached hydrogen (secondary N) is 1. The Bertz CT molecular complexity index is 742. The molecular formula is C21H33N5O3S. The van der Waals surface area contributed by atoms with Crippen molar-refractivity contribution in [1.82, 2.24) is 20.0 Å². The summed E-state index contributed by atoms with van der Waals surface area (Å²) >= 11 is 1.80. The number of fused-ring (bicyclic) bond motifs is 1. The van der Waals surface area contributed by atoms with E-state index in [4.69, 9.17) is 14.5 Å². The maximum absolute atomic E-state index is 12.4. The third kappa shape index (κ3) is 5.07. The van der Waals surface area contributed by atoms with Crippen molar-refractivity contribution in [3.05, 3.63) is 22.4 Å². The van der Waals surface area contributed by atoms with Crippen molar-refractivity contribution in [3.8, 4) is 0 Å². The van der Waals surface area contributed by atoms with Crippen molar-refractivity contribution in [2.24, 2.45) is 4.99 Å². The maximum atomic E-state index is 12.4. The SMILES string of the molecule is CC(C)(C)OC(=O)N1CCN2C(NCC(c3cccs3)N3CCOCC3)=NCC2C1. The molecule has 0 spiro atoms. The molecule has 4 heterocycles. The second kappa shape index (κ2) is 9.11. The Morgan fingerprint density at radius 2 is 2.13 bits per heavy atom. The zero-order valence-electron chi connectivity index (χ0n) is 18.2. The van der Waals surface area contributed by atoms with Crippen molar-refractivity contribution in [2.45, 2.75) is 38.5 Å². The summed E-state index contributed by atoms with van der Waals surface area (Å²) in [5.74, 6) is 0.957. The number of aliphatic imine (C=N–C) groups is 1. The summed E-state index contributed by atoms with van der Waals surface area (Å²) in [5.41, 5.74) is -0.469. The van der Waals surface area contributed by atoms with Gasteiger partial charge in [-0.25, -0.2) is 4.79 Å². The van der Waals surface area contributed by atoms with E-state index in [1.807, 2.05) is 25.7 Å². The van der Waals surface area contributed by atoms with Crippen LogP contribution in [0.25, 0.3) is 0 Å². The van der Waals surface area contributed by atoms with Gasteiger partial charge in [-0.3, -0.25) is 9.89 Å². The molecule has 3 aliphatic heterocycles. The number of amides is 1. The van der Waals surface area contributed by atoms with Crippen LogP contribution in [-0.2, 0) is 9.47 Å². The highest BCUT2D eigenvalue weighted by molar-refractivity contribution is 7.10. The van der Waals surface area contributed by atoms with Gasteiger partial charge in [0.2, 0.25) is 0 Å².